The third-order valence-corrected chi connectivity index (χ3v) is 6.12. The Labute approximate surface area is 170 Å². The highest BCUT2D eigenvalue weighted by atomic mass is 32.1. The molecule has 0 aromatic heterocycles. The molecule has 0 bridgehead atoms. The number of hydrogen-bond donors (Lipinski definition) is 1. The minimum absolute atomic E-state index is 0.305. The van der Waals surface area contributed by atoms with Crippen LogP contribution in [-0.4, -0.2) is 49.4 Å². The lowest BCUT2D eigenvalue weighted by molar-refractivity contribution is 0.0895. The van der Waals surface area contributed by atoms with Gasteiger partial charge in [0.25, 0.3) is 0 Å². The smallest absolute Gasteiger partial charge is 0.169 e. The van der Waals surface area contributed by atoms with Gasteiger partial charge in [0, 0.05) is 45.5 Å². The maximum Gasteiger partial charge on any atom is 0.169 e. The van der Waals surface area contributed by atoms with Crippen LogP contribution in [0.3, 0.4) is 0 Å². The molecule has 1 saturated heterocycles. The van der Waals surface area contributed by atoms with Gasteiger partial charge in [0.2, 0.25) is 0 Å². The number of hydrogen-bond acceptors (Lipinski definition) is 3. The standard InChI is InChI=1S/C22H35N3OS/c1-24(2)20-13-11-18(12-14-20)16-25(17-21-10-7-15-26-21)22(27)23-19-8-5-3-4-6-9-19/h11-14,19,21H,3-10,15-17H2,1-2H3,(H,23,27). The second-order valence-corrected chi connectivity index (χ2v) is 8.60. The summed E-state index contributed by atoms with van der Waals surface area (Å²) in [5.41, 5.74) is 2.52. The maximum atomic E-state index is 5.90. The Balaban J connectivity index is 1.64. The van der Waals surface area contributed by atoms with Gasteiger partial charge in [-0.25, -0.2) is 0 Å². The lowest BCUT2D eigenvalue weighted by Crippen LogP contribution is -2.46. The molecule has 1 aliphatic carbocycles. The number of anilines is 1. The van der Waals surface area contributed by atoms with E-state index in [-0.39, 0.29) is 0 Å². The molecular formula is C22H35N3OS. The highest BCUT2D eigenvalue weighted by molar-refractivity contribution is 7.80. The summed E-state index contributed by atoms with van der Waals surface area (Å²) < 4.78 is 5.90. The van der Waals surface area contributed by atoms with Crippen molar-refractivity contribution in [1.29, 1.82) is 0 Å². The van der Waals surface area contributed by atoms with Crippen LogP contribution in [0.4, 0.5) is 5.69 Å². The van der Waals surface area contributed by atoms with Gasteiger partial charge in [-0.2, -0.15) is 0 Å². The van der Waals surface area contributed by atoms with Gasteiger partial charge in [-0.3, -0.25) is 0 Å². The van der Waals surface area contributed by atoms with Crippen molar-refractivity contribution in [2.75, 3.05) is 32.1 Å². The van der Waals surface area contributed by atoms with Gasteiger partial charge in [-0.05, 0) is 55.6 Å². The van der Waals surface area contributed by atoms with Gasteiger partial charge in [-0.1, -0.05) is 37.8 Å². The van der Waals surface area contributed by atoms with Crippen LogP contribution in [0.25, 0.3) is 0 Å². The fraction of sp³-hybridized carbons (Fsp3) is 0.682. The van der Waals surface area contributed by atoms with Gasteiger partial charge < -0.3 is 19.9 Å². The Kier molecular flexibility index (Phi) is 7.77. The molecule has 0 spiro atoms. The summed E-state index contributed by atoms with van der Waals surface area (Å²) >= 11 is 5.85. The molecule has 1 N–H and O–H groups in total. The van der Waals surface area contributed by atoms with Crippen LogP contribution in [0.15, 0.2) is 24.3 Å². The number of nitrogens with zero attached hydrogens (tertiary/aromatic N) is 2. The molecule has 1 aliphatic heterocycles. The normalized spacial score (nSPS) is 20.9. The largest absolute Gasteiger partial charge is 0.378 e. The summed E-state index contributed by atoms with van der Waals surface area (Å²) in [4.78, 5) is 4.45. The predicted molar refractivity (Wildman–Crippen MR) is 117 cm³/mol. The van der Waals surface area contributed by atoms with Crippen LogP contribution < -0.4 is 10.2 Å². The van der Waals surface area contributed by atoms with E-state index in [2.05, 4.69) is 53.5 Å². The van der Waals surface area contributed by atoms with Crippen molar-refractivity contribution in [1.82, 2.24) is 10.2 Å². The first kappa shape index (κ1) is 20.4. The van der Waals surface area contributed by atoms with Crippen LogP contribution in [0, 0.1) is 0 Å². The monoisotopic (exact) mass is 389 g/mol. The fourth-order valence-electron chi connectivity index (χ4n) is 4.06. The quantitative estimate of drug-likeness (QED) is 0.577. The SMILES string of the molecule is CN(C)c1ccc(CN(CC2CCCO2)C(=S)NC2CCCCCC2)cc1. The van der Waals surface area contributed by atoms with Crippen molar-refractivity contribution in [3.05, 3.63) is 29.8 Å². The molecule has 1 saturated carbocycles. The molecule has 3 rings (SSSR count). The van der Waals surface area contributed by atoms with Crippen molar-refractivity contribution < 1.29 is 4.74 Å². The van der Waals surface area contributed by atoms with E-state index in [9.17, 15) is 0 Å². The molecule has 1 aromatic carbocycles. The lowest BCUT2D eigenvalue weighted by atomic mass is 10.1. The highest BCUT2D eigenvalue weighted by Gasteiger charge is 2.23. The first-order valence-electron chi connectivity index (χ1n) is 10.5. The third-order valence-electron chi connectivity index (χ3n) is 5.74. The Morgan fingerprint density at radius 2 is 1.74 bits per heavy atom. The molecule has 1 heterocycles. The molecule has 1 aromatic rings. The highest BCUT2D eigenvalue weighted by Crippen LogP contribution is 2.20. The molecule has 1 unspecified atom stereocenters. The van der Waals surface area contributed by atoms with Gasteiger partial charge in [0.05, 0.1) is 6.10 Å². The molecule has 150 valence electrons. The van der Waals surface area contributed by atoms with Gasteiger partial charge >= 0.3 is 0 Å². The Morgan fingerprint density at radius 3 is 2.33 bits per heavy atom. The van der Waals surface area contributed by atoms with E-state index in [4.69, 9.17) is 17.0 Å². The summed E-state index contributed by atoms with van der Waals surface area (Å²) in [6.45, 7) is 2.61. The van der Waals surface area contributed by atoms with Crippen LogP contribution in [0.5, 0.6) is 0 Å². The lowest BCUT2D eigenvalue weighted by Gasteiger charge is -2.31. The van der Waals surface area contributed by atoms with E-state index in [1.165, 1.54) is 56.2 Å². The molecule has 4 nitrogen and oxygen atoms in total. The Bertz CT molecular complexity index is 576. The average molecular weight is 390 g/mol. The van der Waals surface area contributed by atoms with Crippen molar-refractivity contribution in [2.24, 2.45) is 0 Å². The number of benzene rings is 1. The second kappa shape index (κ2) is 10.3. The number of thiocarbonyl (C=S) groups is 1. The number of nitrogens with one attached hydrogen (secondary N) is 1. The van der Waals surface area contributed by atoms with E-state index >= 15 is 0 Å². The molecule has 27 heavy (non-hydrogen) atoms. The first-order valence-corrected chi connectivity index (χ1v) is 11.0. The van der Waals surface area contributed by atoms with E-state index in [0.29, 0.717) is 12.1 Å². The maximum absolute atomic E-state index is 5.90. The van der Waals surface area contributed by atoms with Crippen molar-refractivity contribution in [2.45, 2.75) is 70.1 Å². The topological polar surface area (TPSA) is 27.7 Å². The van der Waals surface area contributed by atoms with Gasteiger partial charge in [0.1, 0.15) is 0 Å². The molecule has 0 amide bonds. The van der Waals surface area contributed by atoms with E-state index in [0.717, 1.165) is 31.2 Å². The first-order chi connectivity index (χ1) is 13.1. The Morgan fingerprint density at radius 1 is 1.04 bits per heavy atom. The Hall–Kier alpha value is -1.33. The number of ether oxygens (including phenoxy) is 1. The van der Waals surface area contributed by atoms with Crippen molar-refractivity contribution in [3.63, 3.8) is 0 Å². The minimum atomic E-state index is 0.305. The summed E-state index contributed by atoms with van der Waals surface area (Å²) in [5.74, 6) is 0. The average Bonchev–Trinajstić information content (AvgIpc) is 3.04. The van der Waals surface area contributed by atoms with Crippen LogP contribution in [0.1, 0.15) is 56.9 Å². The van der Waals surface area contributed by atoms with E-state index in [1.807, 2.05) is 0 Å². The molecule has 2 aliphatic rings. The van der Waals surface area contributed by atoms with Gasteiger partial charge in [-0.15, -0.1) is 0 Å². The number of rotatable bonds is 6. The molecule has 2 fully saturated rings. The van der Waals surface area contributed by atoms with E-state index in [1.54, 1.807) is 0 Å². The van der Waals surface area contributed by atoms with E-state index < -0.39 is 0 Å². The predicted octanol–water partition coefficient (Wildman–Crippen LogP) is 4.33. The minimum Gasteiger partial charge on any atom is -0.378 e. The zero-order chi connectivity index (χ0) is 19.1. The third kappa shape index (κ3) is 6.35. The van der Waals surface area contributed by atoms with Gasteiger partial charge in [0.15, 0.2) is 5.11 Å². The van der Waals surface area contributed by atoms with Crippen molar-refractivity contribution in [3.8, 4) is 0 Å². The zero-order valence-electron chi connectivity index (χ0n) is 17.0. The fourth-order valence-corrected chi connectivity index (χ4v) is 4.37. The molecule has 1 atom stereocenters. The summed E-state index contributed by atoms with van der Waals surface area (Å²) in [5, 5.41) is 4.57. The van der Waals surface area contributed by atoms with Crippen molar-refractivity contribution >= 4 is 23.0 Å². The summed E-state index contributed by atoms with van der Waals surface area (Å²) in [6.07, 6.45) is 10.5. The molecule has 0 radical (unpaired) electrons. The van der Waals surface area contributed by atoms with Crippen LogP contribution in [-0.2, 0) is 11.3 Å². The molecule has 5 heteroatoms. The summed E-state index contributed by atoms with van der Waals surface area (Å²) in [6, 6.07) is 9.32. The molecular weight excluding hydrogens is 354 g/mol. The summed E-state index contributed by atoms with van der Waals surface area (Å²) in [7, 11) is 4.15. The zero-order valence-corrected chi connectivity index (χ0v) is 17.8. The van der Waals surface area contributed by atoms with Crippen LogP contribution in [0.2, 0.25) is 0 Å². The van der Waals surface area contributed by atoms with Crippen LogP contribution >= 0.6 is 12.2 Å². The second-order valence-electron chi connectivity index (χ2n) is 8.21.